The highest BCUT2D eigenvalue weighted by molar-refractivity contribution is 6.07. The molecule has 0 spiro atoms. The van der Waals surface area contributed by atoms with Crippen molar-refractivity contribution in [3.8, 4) is 11.4 Å². The van der Waals surface area contributed by atoms with Gasteiger partial charge in [-0.2, -0.15) is 0 Å². The van der Waals surface area contributed by atoms with Gasteiger partial charge in [0.15, 0.2) is 5.82 Å². The van der Waals surface area contributed by atoms with Crippen LogP contribution in [0.15, 0.2) is 60.8 Å². The number of imide groups is 1. The van der Waals surface area contributed by atoms with Crippen molar-refractivity contribution in [2.45, 2.75) is 25.9 Å². The number of amides is 5. The Kier molecular flexibility index (Phi) is 5.55. The van der Waals surface area contributed by atoms with Gasteiger partial charge in [-0.15, -0.1) is 0 Å². The third kappa shape index (κ3) is 4.41. The number of hydrogen-bond acceptors (Lipinski definition) is 5. The number of aryl methyl sites for hydroxylation is 1. The fraction of sp³-hybridized carbons (Fsp3) is 0.174. The molecule has 1 saturated heterocycles. The first-order valence-corrected chi connectivity index (χ1v) is 10.0. The van der Waals surface area contributed by atoms with E-state index in [-0.39, 0.29) is 12.6 Å². The molecule has 9 heteroatoms. The summed E-state index contributed by atoms with van der Waals surface area (Å²) in [6.07, 6.45) is 1.69. The molecule has 1 aliphatic rings. The Morgan fingerprint density at radius 3 is 2.66 bits per heavy atom. The van der Waals surface area contributed by atoms with E-state index in [2.05, 4.69) is 31.2 Å². The highest BCUT2D eigenvalue weighted by Crippen LogP contribution is 2.25. The number of carbonyl (C=O) groups is 3. The van der Waals surface area contributed by atoms with E-state index >= 15 is 0 Å². The number of anilines is 1. The summed E-state index contributed by atoms with van der Waals surface area (Å²) in [7, 11) is 0. The standard InChI is InChI=1S/C23H22N6O3/c1-14-9-10-24-19(26-14)16-6-4-8-18(12-16)27-21(31)25-13-15-5-3-7-17(11-15)23(2)20(30)28-22(32)29-23/h3-12H,13H2,1-2H3,(H2,25,27,31)(H2,28,29,30,32). The number of carbonyl (C=O) groups excluding carboxylic acids is 3. The van der Waals surface area contributed by atoms with Gasteiger partial charge in [0.2, 0.25) is 0 Å². The topological polar surface area (TPSA) is 125 Å². The van der Waals surface area contributed by atoms with E-state index in [0.29, 0.717) is 17.1 Å². The quantitative estimate of drug-likeness (QED) is 0.463. The molecule has 0 radical (unpaired) electrons. The number of nitrogens with one attached hydrogen (secondary N) is 4. The fourth-order valence-corrected chi connectivity index (χ4v) is 3.42. The summed E-state index contributed by atoms with van der Waals surface area (Å²) >= 11 is 0. The van der Waals surface area contributed by atoms with E-state index in [9.17, 15) is 14.4 Å². The molecule has 2 aromatic carbocycles. The minimum Gasteiger partial charge on any atom is -0.334 e. The lowest BCUT2D eigenvalue weighted by molar-refractivity contribution is -0.123. The maximum atomic E-state index is 12.4. The number of rotatable bonds is 5. The molecule has 1 aliphatic heterocycles. The first-order valence-electron chi connectivity index (χ1n) is 10.0. The van der Waals surface area contributed by atoms with E-state index in [1.807, 2.05) is 31.2 Å². The first-order chi connectivity index (χ1) is 15.3. The summed E-state index contributed by atoms with van der Waals surface area (Å²) < 4.78 is 0. The van der Waals surface area contributed by atoms with Crippen LogP contribution in [0.3, 0.4) is 0 Å². The van der Waals surface area contributed by atoms with Gasteiger partial charge >= 0.3 is 12.1 Å². The molecule has 32 heavy (non-hydrogen) atoms. The molecule has 1 fully saturated rings. The summed E-state index contributed by atoms with van der Waals surface area (Å²) in [6.45, 7) is 3.77. The Hall–Kier alpha value is -4.27. The fourth-order valence-electron chi connectivity index (χ4n) is 3.42. The molecule has 0 aliphatic carbocycles. The van der Waals surface area contributed by atoms with Crippen molar-refractivity contribution in [1.29, 1.82) is 0 Å². The van der Waals surface area contributed by atoms with Crippen LogP contribution < -0.4 is 21.3 Å². The Bertz CT molecular complexity index is 1210. The molecule has 5 amide bonds. The van der Waals surface area contributed by atoms with Gasteiger partial charge in [-0.1, -0.05) is 36.4 Å². The zero-order valence-corrected chi connectivity index (χ0v) is 17.6. The monoisotopic (exact) mass is 430 g/mol. The minimum atomic E-state index is -1.15. The lowest BCUT2D eigenvalue weighted by Crippen LogP contribution is -2.40. The molecule has 1 aromatic heterocycles. The molecule has 0 bridgehead atoms. The number of aromatic nitrogens is 2. The Balaban J connectivity index is 1.40. The summed E-state index contributed by atoms with van der Waals surface area (Å²) in [5.41, 5.74) is 2.53. The zero-order chi connectivity index (χ0) is 22.7. The molecule has 1 unspecified atom stereocenters. The van der Waals surface area contributed by atoms with Crippen molar-refractivity contribution < 1.29 is 14.4 Å². The van der Waals surface area contributed by atoms with Gasteiger partial charge in [0.25, 0.3) is 5.91 Å². The van der Waals surface area contributed by atoms with Crippen molar-refractivity contribution in [3.63, 3.8) is 0 Å². The van der Waals surface area contributed by atoms with E-state index in [1.165, 1.54) is 0 Å². The van der Waals surface area contributed by atoms with Crippen molar-refractivity contribution >= 4 is 23.7 Å². The summed E-state index contributed by atoms with van der Waals surface area (Å²) in [5, 5.41) is 10.5. The lowest BCUT2D eigenvalue weighted by atomic mass is 9.91. The average Bonchev–Trinajstić information content (AvgIpc) is 3.05. The minimum absolute atomic E-state index is 0.242. The summed E-state index contributed by atoms with van der Waals surface area (Å²) in [4.78, 5) is 44.8. The molecule has 2 heterocycles. The van der Waals surface area contributed by atoms with Gasteiger partial charge < -0.3 is 16.0 Å². The number of benzene rings is 2. The zero-order valence-electron chi connectivity index (χ0n) is 17.6. The van der Waals surface area contributed by atoms with Crippen LogP contribution in [0.1, 0.15) is 23.7 Å². The average molecular weight is 430 g/mol. The van der Waals surface area contributed by atoms with Crippen molar-refractivity contribution in [3.05, 3.63) is 77.6 Å². The van der Waals surface area contributed by atoms with Gasteiger partial charge in [0.1, 0.15) is 5.54 Å². The second kappa shape index (κ2) is 8.46. The summed E-state index contributed by atoms with van der Waals surface area (Å²) in [5.74, 6) is 0.172. The normalized spacial score (nSPS) is 17.4. The van der Waals surface area contributed by atoms with Crippen molar-refractivity contribution in [1.82, 2.24) is 25.9 Å². The van der Waals surface area contributed by atoms with Crippen LogP contribution in [0.2, 0.25) is 0 Å². The predicted octanol–water partition coefficient (Wildman–Crippen LogP) is 2.83. The van der Waals surface area contributed by atoms with E-state index in [0.717, 1.165) is 16.8 Å². The molecule has 1 atom stereocenters. The largest absolute Gasteiger partial charge is 0.334 e. The lowest BCUT2D eigenvalue weighted by Gasteiger charge is -2.21. The van der Waals surface area contributed by atoms with Gasteiger partial charge in [0.05, 0.1) is 0 Å². The highest BCUT2D eigenvalue weighted by atomic mass is 16.2. The van der Waals surface area contributed by atoms with E-state index in [1.54, 1.807) is 43.5 Å². The third-order valence-corrected chi connectivity index (χ3v) is 5.18. The van der Waals surface area contributed by atoms with E-state index in [4.69, 9.17) is 0 Å². The number of nitrogens with zero attached hydrogens (tertiary/aromatic N) is 2. The second-order valence-corrected chi connectivity index (χ2v) is 7.64. The Morgan fingerprint density at radius 2 is 1.91 bits per heavy atom. The van der Waals surface area contributed by atoms with Crippen LogP contribution in [0, 0.1) is 6.92 Å². The van der Waals surface area contributed by atoms with Crippen LogP contribution >= 0.6 is 0 Å². The van der Waals surface area contributed by atoms with Crippen LogP contribution in [0.5, 0.6) is 0 Å². The number of urea groups is 2. The molecular formula is C23H22N6O3. The van der Waals surface area contributed by atoms with Gasteiger partial charge in [-0.05, 0) is 43.2 Å². The Labute approximate surface area is 184 Å². The maximum absolute atomic E-state index is 12.4. The van der Waals surface area contributed by atoms with Crippen LogP contribution in [-0.2, 0) is 16.9 Å². The third-order valence-electron chi connectivity index (χ3n) is 5.18. The van der Waals surface area contributed by atoms with Gasteiger partial charge in [-0.25, -0.2) is 19.6 Å². The maximum Gasteiger partial charge on any atom is 0.322 e. The van der Waals surface area contributed by atoms with Crippen molar-refractivity contribution in [2.75, 3.05) is 5.32 Å². The van der Waals surface area contributed by atoms with Crippen LogP contribution in [-0.4, -0.2) is 27.9 Å². The second-order valence-electron chi connectivity index (χ2n) is 7.64. The molecule has 9 nitrogen and oxygen atoms in total. The molecule has 162 valence electrons. The SMILES string of the molecule is Cc1ccnc(-c2cccc(NC(=O)NCc3cccc(C4(C)NC(=O)NC4=O)c3)c2)n1. The first kappa shape index (κ1) is 21.0. The predicted molar refractivity (Wildman–Crippen MR) is 119 cm³/mol. The highest BCUT2D eigenvalue weighted by Gasteiger charge is 2.43. The van der Waals surface area contributed by atoms with E-state index < -0.39 is 17.5 Å². The summed E-state index contributed by atoms with van der Waals surface area (Å²) in [6, 6.07) is 15.3. The molecule has 3 aromatic rings. The molecule has 4 rings (SSSR count). The molecule has 4 N–H and O–H groups in total. The molecule has 0 saturated carbocycles. The van der Waals surface area contributed by atoms with Crippen LogP contribution in [0.25, 0.3) is 11.4 Å². The van der Waals surface area contributed by atoms with Gasteiger partial charge in [-0.3, -0.25) is 10.1 Å². The Morgan fingerprint density at radius 1 is 1.09 bits per heavy atom. The molecular weight excluding hydrogens is 408 g/mol. The van der Waals surface area contributed by atoms with Crippen molar-refractivity contribution in [2.24, 2.45) is 0 Å². The van der Waals surface area contributed by atoms with Crippen LogP contribution in [0.4, 0.5) is 15.3 Å². The smallest absolute Gasteiger partial charge is 0.322 e. The van der Waals surface area contributed by atoms with Gasteiger partial charge in [0, 0.05) is 29.7 Å². The number of hydrogen-bond donors (Lipinski definition) is 4.